The first-order chi connectivity index (χ1) is 17.8. The summed E-state index contributed by atoms with van der Waals surface area (Å²) in [5.74, 6) is 1.45. The van der Waals surface area contributed by atoms with Gasteiger partial charge >= 0.3 is 0 Å². The number of aryl methyl sites for hydroxylation is 2. The number of rotatable bonds is 18. The standard InChI is InChI=1S/C33H46N2O/c1-3-5-7-9-10-12-14-15-28-17-19-30(20-18-28)27-36-32-25-34-33(35-26-32)31-23-21-29(22-24-31)16-13-11-8-6-4-2/h17-26H,3-16,27H2,1-2H3. The van der Waals surface area contributed by atoms with E-state index in [-0.39, 0.29) is 0 Å². The molecule has 3 nitrogen and oxygen atoms in total. The van der Waals surface area contributed by atoms with Crippen LogP contribution in [-0.4, -0.2) is 9.97 Å². The summed E-state index contributed by atoms with van der Waals surface area (Å²) in [5.41, 5.74) is 5.03. The third-order valence-electron chi connectivity index (χ3n) is 6.91. The summed E-state index contributed by atoms with van der Waals surface area (Å²) in [6.45, 7) is 5.07. The lowest BCUT2D eigenvalue weighted by atomic mass is 10.0. The zero-order valence-electron chi connectivity index (χ0n) is 22.7. The van der Waals surface area contributed by atoms with Crippen molar-refractivity contribution in [2.24, 2.45) is 0 Å². The first kappa shape index (κ1) is 27.9. The summed E-state index contributed by atoms with van der Waals surface area (Å²) in [6.07, 6.45) is 21.9. The number of benzene rings is 2. The zero-order valence-corrected chi connectivity index (χ0v) is 22.7. The van der Waals surface area contributed by atoms with E-state index in [0.717, 1.165) is 17.8 Å². The molecule has 0 aliphatic carbocycles. The lowest BCUT2D eigenvalue weighted by molar-refractivity contribution is 0.303. The molecule has 36 heavy (non-hydrogen) atoms. The van der Waals surface area contributed by atoms with Crippen molar-refractivity contribution in [1.29, 1.82) is 0 Å². The van der Waals surface area contributed by atoms with Gasteiger partial charge in [0.2, 0.25) is 0 Å². The normalized spacial score (nSPS) is 11.1. The largest absolute Gasteiger partial charge is 0.486 e. The third-order valence-corrected chi connectivity index (χ3v) is 6.91. The van der Waals surface area contributed by atoms with Gasteiger partial charge in [-0.1, -0.05) is 127 Å². The molecule has 0 N–H and O–H groups in total. The fourth-order valence-electron chi connectivity index (χ4n) is 4.55. The van der Waals surface area contributed by atoms with Gasteiger partial charge in [-0.05, 0) is 42.4 Å². The number of hydrogen-bond donors (Lipinski definition) is 0. The van der Waals surface area contributed by atoms with Crippen LogP contribution >= 0.6 is 0 Å². The predicted octanol–water partition coefficient (Wildman–Crippen LogP) is 9.53. The van der Waals surface area contributed by atoms with Crippen molar-refractivity contribution in [2.45, 2.75) is 110 Å². The van der Waals surface area contributed by atoms with Gasteiger partial charge in [0, 0.05) is 5.56 Å². The molecule has 3 rings (SSSR count). The summed E-state index contributed by atoms with van der Waals surface area (Å²) in [5, 5.41) is 0. The smallest absolute Gasteiger partial charge is 0.159 e. The van der Waals surface area contributed by atoms with Gasteiger partial charge < -0.3 is 4.74 Å². The van der Waals surface area contributed by atoms with Crippen LogP contribution in [0.15, 0.2) is 60.9 Å². The van der Waals surface area contributed by atoms with Crippen molar-refractivity contribution in [3.63, 3.8) is 0 Å². The molecule has 3 aromatic rings. The monoisotopic (exact) mass is 486 g/mol. The van der Waals surface area contributed by atoms with Crippen molar-refractivity contribution >= 4 is 0 Å². The van der Waals surface area contributed by atoms with Gasteiger partial charge in [-0.3, -0.25) is 0 Å². The Kier molecular flexibility index (Phi) is 13.1. The number of unbranched alkanes of at least 4 members (excludes halogenated alkanes) is 10. The fraction of sp³-hybridized carbons (Fsp3) is 0.515. The maximum absolute atomic E-state index is 5.93. The minimum Gasteiger partial charge on any atom is -0.486 e. The van der Waals surface area contributed by atoms with Gasteiger partial charge in [-0.2, -0.15) is 0 Å². The van der Waals surface area contributed by atoms with Crippen molar-refractivity contribution in [1.82, 2.24) is 9.97 Å². The van der Waals surface area contributed by atoms with E-state index in [0.29, 0.717) is 12.4 Å². The van der Waals surface area contributed by atoms with Crippen LogP contribution in [0.4, 0.5) is 0 Å². The molecule has 0 aliphatic heterocycles. The van der Waals surface area contributed by atoms with Crippen LogP contribution in [-0.2, 0) is 19.4 Å². The van der Waals surface area contributed by atoms with Crippen LogP contribution in [0.2, 0.25) is 0 Å². The van der Waals surface area contributed by atoms with Gasteiger partial charge in [-0.25, -0.2) is 9.97 Å². The molecule has 0 saturated carbocycles. The average Bonchev–Trinajstić information content (AvgIpc) is 2.93. The molecule has 0 unspecified atom stereocenters. The second kappa shape index (κ2) is 16.9. The Morgan fingerprint density at radius 2 is 0.972 bits per heavy atom. The Morgan fingerprint density at radius 3 is 1.50 bits per heavy atom. The first-order valence-electron chi connectivity index (χ1n) is 14.4. The van der Waals surface area contributed by atoms with Crippen LogP contribution in [0.1, 0.15) is 108 Å². The predicted molar refractivity (Wildman–Crippen MR) is 152 cm³/mol. The molecule has 0 atom stereocenters. The topological polar surface area (TPSA) is 35.0 Å². The first-order valence-corrected chi connectivity index (χ1v) is 14.4. The van der Waals surface area contributed by atoms with Gasteiger partial charge in [0.15, 0.2) is 11.6 Å². The van der Waals surface area contributed by atoms with E-state index in [9.17, 15) is 0 Å². The van der Waals surface area contributed by atoms with E-state index < -0.39 is 0 Å². The van der Waals surface area contributed by atoms with E-state index in [1.54, 1.807) is 12.4 Å². The van der Waals surface area contributed by atoms with Crippen LogP contribution in [0, 0.1) is 0 Å². The molecule has 0 fully saturated rings. The van der Waals surface area contributed by atoms with Crippen molar-refractivity contribution < 1.29 is 4.74 Å². The molecule has 1 aromatic heterocycles. The average molecular weight is 487 g/mol. The number of nitrogens with zero attached hydrogens (tertiary/aromatic N) is 2. The molecule has 2 aromatic carbocycles. The van der Waals surface area contributed by atoms with Gasteiger partial charge in [0.05, 0.1) is 12.4 Å². The van der Waals surface area contributed by atoms with E-state index in [1.807, 2.05) is 0 Å². The van der Waals surface area contributed by atoms with Crippen LogP contribution in [0.3, 0.4) is 0 Å². The Balaban J connectivity index is 1.37. The summed E-state index contributed by atoms with van der Waals surface area (Å²) >= 11 is 0. The molecular weight excluding hydrogens is 440 g/mol. The van der Waals surface area contributed by atoms with E-state index >= 15 is 0 Å². The summed E-state index contributed by atoms with van der Waals surface area (Å²) in [7, 11) is 0. The van der Waals surface area contributed by atoms with Gasteiger partial charge in [0.25, 0.3) is 0 Å². The van der Waals surface area contributed by atoms with Crippen molar-refractivity contribution in [3.8, 4) is 17.1 Å². The van der Waals surface area contributed by atoms with Crippen molar-refractivity contribution in [2.75, 3.05) is 0 Å². The Bertz CT molecular complexity index is 948. The fourth-order valence-corrected chi connectivity index (χ4v) is 4.55. The molecular formula is C33H46N2O. The highest BCUT2D eigenvalue weighted by Gasteiger charge is 2.04. The highest BCUT2D eigenvalue weighted by molar-refractivity contribution is 5.55. The van der Waals surface area contributed by atoms with Crippen molar-refractivity contribution in [3.05, 3.63) is 77.6 Å². The molecule has 0 spiro atoms. The maximum Gasteiger partial charge on any atom is 0.159 e. The SMILES string of the molecule is CCCCCCCCCc1ccc(COc2cnc(-c3ccc(CCCCCCC)cc3)nc2)cc1. The van der Waals surface area contributed by atoms with Gasteiger partial charge in [-0.15, -0.1) is 0 Å². The molecule has 194 valence electrons. The third kappa shape index (κ3) is 10.5. The maximum atomic E-state index is 5.93. The zero-order chi connectivity index (χ0) is 25.3. The Morgan fingerprint density at radius 1 is 0.528 bits per heavy atom. The second-order valence-corrected chi connectivity index (χ2v) is 10.1. The van der Waals surface area contributed by atoms with Crippen LogP contribution in [0.5, 0.6) is 5.75 Å². The van der Waals surface area contributed by atoms with Crippen LogP contribution in [0.25, 0.3) is 11.4 Å². The minimum atomic E-state index is 0.535. The number of ether oxygens (including phenoxy) is 1. The number of aromatic nitrogens is 2. The molecule has 0 bridgehead atoms. The Labute approximate surface area is 219 Å². The second-order valence-electron chi connectivity index (χ2n) is 10.1. The van der Waals surface area contributed by atoms with E-state index in [1.165, 1.54) is 100 Å². The van der Waals surface area contributed by atoms with Crippen LogP contribution < -0.4 is 4.74 Å². The van der Waals surface area contributed by atoms with E-state index in [4.69, 9.17) is 4.74 Å². The highest BCUT2D eigenvalue weighted by Crippen LogP contribution is 2.19. The summed E-state index contributed by atoms with van der Waals surface area (Å²) in [6, 6.07) is 17.5. The molecule has 3 heteroatoms. The minimum absolute atomic E-state index is 0.535. The Hall–Kier alpha value is -2.68. The van der Waals surface area contributed by atoms with Gasteiger partial charge in [0.1, 0.15) is 6.61 Å². The summed E-state index contributed by atoms with van der Waals surface area (Å²) in [4.78, 5) is 9.06. The molecule has 1 heterocycles. The molecule has 0 saturated heterocycles. The summed E-state index contributed by atoms with van der Waals surface area (Å²) < 4.78 is 5.93. The molecule has 0 amide bonds. The molecule has 0 aliphatic rings. The highest BCUT2D eigenvalue weighted by atomic mass is 16.5. The van der Waals surface area contributed by atoms with E-state index in [2.05, 4.69) is 72.3 Å². The quantitative estimate of drug-likeness (QED) is 0.168. The lowest BCUT2D eigenvalue weighted by Crippen LogP contribution is -1.98. The lowest BCUT2D eigenvalue weighted by Gasteiger charge is -2.08. The molecule has 0 radical (unpaired) electrons. The number of hydrogen-bond acceptors (Lipinski definition) is 3.